The molecule has 0 aliphatic carbocycles. The predicted molar refractivity (Wildman–Crippen MR) is 165 cm³/mol. The van der Waals surface area contributed by atoms with E-state index in [0.717, 1.165) is 57.7 Å². The Morgan fingerprint density at radius 2 is 1.19 bits per heavy atom. The fourth-order valence-electron chi connectivity index (χ4n) is 5.38. The third kappa shape index (κ3) is 7.20. The molecule has 0 saturated carbocycles. The summed E-state index contributed by atoms with van der Waals surface area (Å²) in [6, 6.07) is 14.1. The average Bonchev–Trinajstić information content (AvgIpc) is 3.06. The summed E-state index contributed by atoms with van der Waals surface area (Å²) in [5.74, 6) is 2.54. The van der Waals surface area contributed by atoms with Crippen LogP contribution in [0.2, 0.25) is 0 Å². The topological polar surface area (TPSA) is 125 Å². The summed E-state index contributed by atoms with van der Waals surface area (Å²) in [4.78, 5) is 46.0. The summed E-state index contributed by atoms with van der Waals surface area (Å²) >= 11 is 0. The van der Waals surface area contributed by atoms with E-state index in [2.05, 4.69) is 27.4 Å². The highest BCUT2D eigenvalue weighted by Crippen LogP contribution is 2.24. The second-order valence-corrected chi connectivity index (χ2v) is 11.2. The number of amides is 3. The molecule has 2 aromatic carbocycles. The minimum atomic E-state index is -0.374. The van der Waals surface area contributed by atoms with Crippen molar-refractivity contribution in [3.05, 3.63) is 54.1 Å². The Hall–Kier alpha value is -4.29. The Bertz CT molecular complexity index is 1360. The molecule has 1 aromatic heterocycles. The number of carbonyl (C=O) groups is 2. The van der Waals surface area contributed by atoms with Gasteiger partial charge in [0.15, 0.2) is 5.82 Å². The van der Waals surface area contributed by atoms with Gasteiger partial charge < -0.3 is 34.8 Å². The van der Waals surface area contributed by atoms with E-state index < -0.39 is 0 Å². The van der Waals surface area contributed by atoms with Gasteiger partial charge >= 0.3 is 6.03 Å². The maximum atomic E-state index is 12.8. The quantitative estimate of drug-likeness (QED) is 0.445. The number of piperidine rings is 1. The Morgan fingerprint density at radius 1 is 0.698 bits per heavy atom. The molecule has 3 aliphatic rings. The molecule has 2 N–H and O–H groups in total. The van der Waals surface area contributed by atoms with E-state index in [4.69, 9.17) is 24.4 Å². The van der Waals surface area contributed by atoms with Gasteiger partial charge in [0, 0.05) is 61.8 Å². The number of hydrogen-bond acceptors (Lipinski definition) is 9. The number of anilines is 4. The summed E-state index contributed by atoms with van der Waals surface area (Å²) in [5.41, 5.74) is 2.68. The average molecular weight is 587 g/mol. The Balaban J connectivity index is 1.10. The van der Waals surface area contributed by atoms with Crippen LogP contribution in [0.4, 0.5) is 28.1 Å². The number of benzene rings is 2. The maximum absolute atomic E-state index is 12.8. The SMILES string of the molecule is CC1CCN(C(=O)c2ccc(NC(=O)Nc3ccc(-c4nc(N5CCOCC5)nc(N5CCOCC5)n4)cc3)cc2)CC1. The lowest BCUT2D eigenvalue weighted by Gasteiger charge is -2.30. The lowest BCUT2D eigenvalue weighted by Crippen LogP contribution is -2.40. The number of morpholine rings is 2. The van der Waals surface area contributed by atoms with Crippen LogP contribution >= 0.6 is 0 Å². The fourth-order valence-corrected chi connectivity index (χ4v) is 5.38. The zero-order valence-corrected chi connectivity index (χ0v) is 24.5. The molecular weight excluding hydrogens is 548 g/mol. The van der Waals surface area contributed by atoms with Crippen molar-refractivity contribution in [2.45, 2.75) is 19.8 Å². The first-order valence-electron chi connectivity index (χ1n) is 15.0. The summed E-state index contributed by atoms with van der Waals surface area (Å²) in [7, 11) is 0. The van der Waals surface area contributed by atoms with Gasteiger partial charge in [-0.05, 0) is 67.3 Å². The van der Waals surface area contributed by atoms with Crippen LogP contribution in [0.3, 0.4) is 0 Å². The Kier molecular flexibility index (Phi) is 8.94. The number of rotatable bonds is 6. The van der Waals surface area contributed by atoms with Crippen LogP contribution < -0.4 is 20.4 Å². The number of hydrogen-bond donors (Lipinski definition) is 2. The number of likely N-dealkylation sites (tertiary alicyclic amines) is 1. The first-order valence-corrected chi connectivity index (χ1v) is 15.0. The minimum absolute atomic E-state index is 0.0373. The molecule has 12 nitrogen and oxygen atoms in total. The molecule has 3 aromatic rings. The van der Waals surface area contributed by atoms with Crippen LogP contribution in [-0.4, -0.2) is 97.5 Å². The number of ether oxygens (including phenoxy) is 2. The van der Waals surface area contributed by atoms with Gasteiger partial charge in [0.25, 0.3) is 5.91 Å². The van der Waals surface area contributed by atoms with Crippen LogP contribution in [0.15, 0.2) is 48.5 Å². The van der Waals surface area contributed by atoms with Gasteiger partial charge in [0.1, 0.15) is 0 Å². The van der Waals surface area contributed by atoms with Gasteiger partial charge in [0.05, 0.1) is 26.4 Å². The molecular formula is C31H38N8O4. The Labute approximate surface area is 251 Å². The lowest BCUT2D eigenvalue weighted by molar-refractivity contribution is 0.0697. The molecule has 0 radical (unpaired) electrons. The number of aromatic nitrogens is 3. The van der Waals surface area contributed by atoms with Crippen LogP contribution in [-0.2, 0) is 9.47 Å². The first-order chi connectivity index (χ1) is 21.0. The second kappa shape index (κ2) is 13.3. The summed E-state index contributed by atoms with van der Waals surface area (Å²) < 4.78 is 11.0. The number of nitrogens with one attached hydrogen (secondary N) is 2. The highest BCUT2D eigenvalue weighted by molar-refractivity contribution is 6.00. The van der Waals surface area contributed by atoms with Crippen molar-refractivity contribution in [2.75, 3.05) is 86.1 Å². The maximum Gasteiger partial charge on any atom is 0.323 e. The molecule has 0 bridgehead atoms. The van der Waals surface area contributed by atoms with Crippen molar-refractivity contribution in [1.29, 1.82) is 0 Å². The van der Waals surface area contributed by atoms with E-state index in [1.807, 2.05) is 29.2 Å². The summed E-state index contributed by atoms with van der Waals surface area (Å²) in [6.45, 7) is 9.24. The summed E-state index contributed by atoms with van der Waals surface area (Å²) in [5, 5.41) is 5.70. The van der Waals surface area contributed by atoms with Crippen molar-refractivity contribution in [2.24, 2.45) is 5.92 Å². The molecule has 3 aliphatic heterocycles. The predicted octanol–water partition coefficient (Wildman–Crippen LogP) is 3.73. The molecule has 3 saturated heterocycles. The molecule has 43 heavy (non-hydrogen) atoms. The monoisotopic (exact) mass is 586 g/mol. The highest BCUT2D eigenvalue weighted by Gasteiger charge is 2.23. The van der Waals surface area contributed by atoms with E-state index in [0.29, 0.717) is 67.0 Å². The third-order valence-corrected chi connectivity index (χ3v) is 8.06. The van der Waals surface area contributed by atoms with Gasteiger partial charge in [-0.15, -0.1) is 0 Å². The van der Waals surface area contributed by atoms with E-state index >= 15 is 0 Å². The molecule has 3 amide bonds. The van der Waals surface area contributed by atoms with Crippen molar-refractivity contribution >= 4 is 35.2 Å². The minimum Gasteiger partial charge on any atom is -0.378 e. The second-order valence-electron chi connectivity index (χ2n) is 11.2. The van der Waals surface area contributed by atoms with E-state index in [-0.39, 0.29) is 11.9 Å². The molecule has 0 unspecified atom stereocenters. The van der Waals surface area contributed by atoms with Crippen LogP contribution in [0.5, 0.6) is 0 Å². The van der Waals surface area contributed by atoms with Crippen molar-refractivity contribution < 1.29 is 19.1 Å². The lowest BCUT2D eigenvalue weighted by atomic mass is 9.98. The van der Waals surface area contributed by atoms with E-state index in [9.17, 15) is 9.59 Å². The largest absolute Gasteiger partial charge is 0.378 e. The Morgan fingerprint density at radius 3 is 1.70 bits per heavy atom. The van der Waals surface area contributed by atoms with Gasteiger partial charge in [-0.1, -0.05) is 6.92 Å². The number of nitrogens with zero attached hydrogens (tertiary/aromatic N) is 6. The van der Waals surface area contributed by atoms with Gasteiger partial charge in [-0.3, -0.25) is 4.79 Å². The summed E-state index contributed by atoms with van der Waals surface area (Å²) in [6.07, 6.45) is 2.07. The smallest absolute Gasteiger partial charge is 0.323 e. The van der Waals surface area contributed by atoms with Crippen molar-refractivity contribution in [3.8, 4) is 11.4 Å². The normalized spacial score (nSPS) is 17.9. The molecule has 226 valence electrons. The van der Waals surface area contributed by atoms with Crippen LogP contribution in [0.1, 0.15) is 30.1 Å². The van der Waals surface area contributed by atoms with Crippen molar-refractivity contribution in [1.82, 2.24) is 19.9 Å². The number of urea groups is 1. The standard InChI is InChI=1S/C31H38N8O4/c1-22-10-12-37(13-11-22)28(40)24-4-8-26(9-5-24)33-31(41)32-25-6-2-23(3-7-25)27-34-29(38-14-18-42-19-15-38)36-30(35-27)39-16-20-43-21-17-39/h2-9,22H,10-21H2,1H3,(H2,32,33,41). The van der Waals surface area contributed by atoms with Gasteiger partial charge in [-0.25, -0.2) is 4.79 Å². The molecule has 6 rings (SSSR count). The van der Waals surface area contributed by atoms with Crippen molar-refractivity contribution in [3.63, 3.8) is 0 Å². The van der Waals surface area contributed by atoms with Crippen LogP contribution in [0, 0.1) is 5.92 Å². The van der Waals surface area contributed by atoms with E-state index in [1.165, 1.54) is 0 Å². The fraction of sp³-hybridized carbons (Fsp3) is 0.452. The zero-order valence-electron chi connectivity index (χ0n) is 24.5. The van der Waals surface area contributed by atoms with E-state index in [1.54, 1.807) is 24.3 Å². The molecule has 4 heterocycles. The van der Waals surface area contributed by atoms with Gasteiger partial charge in [-0.2, -0.15) is 15.0 Å². The molecule has 0 spiro atoms. The highest BCUT2D eigenvalue weighted by atomic mass is 16.5. The first kappa shape index (κ1) is 28.8. The van der Waals surface area contributed by atoms with Crippen LogP contribution in [0.25, 0.3) is 11.4 Å². The molecule has 3 fully saturated rings. The third-order valence-electron chi connectivity index (χ3n) is 8.06. The zero-order chi connectivity index (χ0) is 29.6. The van der Waals surface area contributed by atoms with Gasteiger partial charge in [0.2, 0.25) is 11.9 Å². The molecule has 0 atom stereocenters. The number of carbonyl (C=O) groups excluding carboxylic acids is 2. The molecule has 12 heteroatoms.